The van der Waals surface area contributed by atoms with Crippen LogP contribution in [0.25, 0.3) is 10.8 Å². The first-order valence-corrected chi connectivity index (χ1v) is 7.89. The van der Waals surface area contributed by atoms with Crippen molar-refractivity contribution in [2.24, 2.45) is 5.92 Å². The molecule has 0 fully saturated rings. The Bertz CT molecular complexity index is 569. The van der Waals surface area contributed by atoms with Gasteiger partial charge in [0.2, 0.25) is 0 Å². The zero-order valence-corrected chi connectivity index (χ0v) is 12.6. The van der Waals surface area contributed by atoms with E-state index in [2.05, 4.69) is 35.6 Å². The van der Waals surface area contributed by atoms with Gasteiger partial charge in [0, 0.05) is 40.6 Å². The molecular weight excluding hydrogens is 254 g/mol. The van der Waals surface area contributed by atoms with Crippen LogP contribution in [0.2, 0.25) is 0 Å². The van der Waals surface area contributed by atoms with Gasteiger partial charge in [-0.05, 0) is 43.0 Å². The minimum absolute atomic E-state index is 0.644. The molecule has 3 N–H and O–H groups in total. The molecule has 102 valence electrons. The van der Waals surface area contributed by atoms with Gasteiger partial charge in [-0.3, -0.25) is 4.98 Å². The predicted molar refractivity (Wildman–Crippen MR) is 86.9 cm³/mol. The number of aromatic nitrogens is 1. The molecule has 3 nitrogen and oxygen atoms in total. The molecule has 19 heavy (non-hydrogen) atoms. The van der Waals surface area contributed by atoms with Gasteiger partial charge in [0.25, 0.3) is 0 Å². The number of nitrogens with one attached hydrogen (secondary N) is 1. The smallest absolute Gasteiger partial charge is 0.0422 e. The lowest BCUT2D eigenvalue weighted by molar-refractivity contribution is 0.702. The van der Waals surface area contributed by atoms with Crippen molar-refractivity contribution in [1.82, 2.24) is 4.98 Å². The number of rotatable bonds is 5. The average Bonchev–Trinajstić information content (AvgIpc) is 2.38. The number of nitrogens with zero attached hydrogens (tertiary/aromatic N) is 1. The first-order valence-electron chi connectivity index (χ1n) is 6.49. The van der Waals surface area contributed by atoms with Crippen LogP contribution in [-0.2, 0) is 0 Å². The summed E-state index contributed by atoms with van der Waals surface area (Å²) in [6.07, 6.45) is 4.00. The number of nitrogen functional groups attached to an aromatic ring is 1. The first-order chi connectivity index (χ1) is 9.11. The molecule has 1 aromatic carbocycles. The maximum Gasteiger partial charge on any atom is 0.0422 e. The lowest BCUT2D eigenvalue weighted by atomic mass is 10.1. The predicted octanol–water partition coefficient (Wildman–Crippen LogP) is 3.54. The highest BCUT2D eigenvalue weighted by Crippen LogP contribution is 2.28. The summed E-state index contributed by atoms with van der Waals surface area (Å²) in [5.41, 5.74) is 8.94. The molecule has 0 aliphatic rings. The number of hydrogen-bond donors (Lipinski definition) is 2. The summed E-state index contributed by atoms with van der Waals surface area (Å²) in [5, 5.41) is 5.71. The van der Waals surface area contributed by atoms with Gasteiger partial charge < -0.3 is 11.1 Å². The average molecular weight is 275 g/mol. The molecule has 0 radical (unpaired) electrons. The van der Waals surface area contributed by atoms with Crippen LogP contribution in [0.4, 0.5) is 11.4 Å². The molecule has 0 saturated carbocycles. The van der Waals surface area contributed by atoms with Crippen molar-refractivity contribution < 1.29 is 0 Å². The van der Waals surface area contributed by atoms with E-state index in [1.807, 2.05) is 30.9 Å². The number of anilines is 2. The maximum absolute atomic E-state index is 6.01. The van der Waals surface area contributed by atoms with Gasteiger partial charge in [0.1, 0.15) is 0 Å². The van der Waals surface area contributed by atoms with Crippen molar-refractivity contribution in [3.05, 3.63) is 30.1 Å². The maximum atomic E-state index is 6.01. The highest BCUT2D eigenvalue weighted by Gasteiger charge is 2.07. The highest BCUT2D eigenvalue weighted by atomic mass is 32.2. The van der Waals surface area contributed by atoms with E-state index in [9.17, 15) is 0 Å². The summed E-state index contributed by atoms with van der Waals surface area (Å²) in [6.45, 7) is 5.24. The molecule has 0 amide bonds. The standard InChI is InChI=1S/C15H21N3S/c1-10(9-19-3)7-18-15-5-4-14(16)13-8-17-11(2)6-12(13)15/h4-6,8,10,18H,7,9,16H2,1-3H3. The number of thioether (sulfide) groups is 1. The topological polar surface area (TPSA) is 50.9 Å². The molecule has 0 aliphatic carbocycles. The minimum atomic E-state index is 0.644. The Hall–Kier alpha value is -1.42. The summed E-state index contributed by atoms with van der Waals surface area (Å²) in [7, 11) is 0. The molecule has 1 unspecified atom stereocenters. The Kier molecular flexibility index (Phi) is 4.53. The van der Waals surface area contributed by atoms with Crippen molar-refractivity contribution >= 4 is 33.9 Å². The monoisotopic (exact) mass is 275 g/mol. The van der Waals surface area contributed by atoms with Gasteiger partial charge in [0.15, 0.2) is 0 Å². The molecule has 0 spiro atoms. The molecule has 0 aliphatic heterocycles. The van der Waals surface area contributed by atoms with Gasteiger partial charge in [-0.1, -0.05) is 6.92 Å². The van der Waals surface area contributed by atoms with Crippen LogP contribution in [0.3, 0.4) is 0 Å². The van der Waals surface area contributed by atoms with Crippen molar-refractivity contribution in [2.75, 3.05) is 29.6 Å². The van der Waals surface area contributed by atoms with Crippen LogP contribution in [0.5, 0.6) is 0 Å². The van der Waals surface area contributed by atoms with Crippen LogP contribution in [0.1, 0.15) is 12.6 Å². The van der Waals surface area contributed by atoms with E-state index in [-0.39, 0.29) is 0 Å². The van der Waals surface area contributed by atoms with Crippen LogP contribution < -0.4 is 11.1 Å². The van der Waals surface area contributed by atoms with Crippen LogP contribution in [-0.4, -0.2) is 23.5 Å². The van der Waals surface area contributed by atoms with Gasteiger partial charge in [-0.15, -0.1) is 0 Å². The Morgan fingerprint density at radius 1 is 1.37 bits per heavy atom. The second kappa shape index (κ2) is 6.15. The summed E-state index contributed by atoms with van der Waals surface area (Å²) in [4.78, 5) is 4.32. The Morgan fingerprint density at radius 2 is 2.16 bits per heavy atom. The second-order valence-electron chi connectivity index (χ2n) is 5.02. The normalized spacial score (nSPS) is 12.6. The first kappa shape index (κ1) is 14.0. The van der Waals surface area contributed by atoms with Crippen LogP contribution in [0, 0.1) is 12.8 Å². The SMILES string of the molecule is CSCC(C)CNc1ccc(N)c2cnc(C)cc12. The van der Waals surface area contributed by atoms with Gasteiger partial charge in [-0.25, -0.2) is 0 Å². The van der Waals surface area contributed by atoms with Crippen LogP contribution >= 0.6 is 11.8 Å². The number of hydrogen-bond acceptors (Lipinski definition) is 4. The van der Waals surface area contributed by atoms with E-state index in [0.717, 1.165) is 34.4 Å². The van der Waals surface area contributed by atoms with Gasteiger partial charge in [-0.2, -0.15) is 11.8 Å². The lowest BCUT2D eigenvalue weighted by Crippen LogP contribution is -2.13. The third kappa shape index (κ3) is 3.32. The largest absolute Gasteiger partial charge is 0.398 e. The highest BCUT2D eigenvalue weighted by molar-refractivity contribution is 7.98. The third-order valence-corrected chi connectivity index (χ3v) is 4.07. The zero-order chi connectivity index (χ0) is 13.8. The molecule has 4 heteroatoms. The fourth-order valence-electron chi connectivity index (χ4n) is 2.15. The Morgan fingerprint density at radius 3 is 2.89 bits per heavy atom. The molecule has 0 saturated heterocycles. The Balaban J connectivity index is 2.28. The summed E-state index contributed by atoms with van der Waals surface area (Å²) in [6, 6.07) is 6.09. The van der Waals surface area contributed by atoms with Crippen molar-refractivity contribution in [3.8, 4) is 0 Å². The van der Waals surface area contributed by atoms with Gasteiger partial charge in [0.05, 0.1) is 0 Å². The van der Waals surface area contributed by atoms with Crippen LogP contribution in [0.15, 0.2) is 24.4 Å². The van der Waals surface area contributed by atoms with Crippen molar-refractivity contribution in [3.63, 3.8) is 0 Å². The number of pyridine rings is 1. The number of fused-ring (bicyclic) bond motifs is 1. The third-order valence-electron chi connectivity index (χ3n) is 3.16. The van der Waals surface area contributed by atoms with E-state index in [1.165, 1.54) is 5.75 Å². The lowest BCUT2D eigenvalue weighted by Gasteiger charge is -2.15. The Labute approximate surface area is 119 Å². The van der Waals surface area contributed by atoms with Crippen molar-refractivity contribution in [2.45, 2.75) is 13.8 Å². The quantitative estimate of drug-likeness (QED) is 0.820. The summed E-state index contributed by atoms with van der Waals surface area (Å²) < 4.78 is 0. The van der Waals surface area contributed by atoms with E-state index in [1.54, 1.807) is 0 Å². The number of benzene rings is 1. The molecular formula is C15H21N3S. The molecule has 1 aromatic heterocycles. The number of nitrogens with two attached hydrogens (primary N) is 1. The second-order valence-corrected chi connectivity index (χ2v) is 5.93. The molecule has 2 rings (SSSR count). The van der Waals surface area contributed by atoms with E-state index < -0.39 is 0 Å². The van der Waals surface area contributed by atoms with E-state index in [0.29, 0.717) is 5.92 Å². The van der Waals surface area contributed by atoms with Gasteiger partial charge >= 0.3 is 0 Å². The van der Waals surface area contributed by atoms with E-state index >= 15 is 0 Å². The fraction of sp³-hybridized carbons (Fsp3) is 0.400. The number of aryl methyl sites for hydroxylation is 1. The molecule has 0 bridgehead atoms. The summed E-state index contributed by atoms with van der Waals surface area (Å²) >= 11 is 1.88. The minimum Gasteiger partial charge on any atom is -0.398 e. The molecule has 1 heterocycles. The zero-order valence-electron chi connectivity index (χ0n) is 11.7. The molecule has 1 atom stereocenters. The van der Waals surface area contributed by atoms with E-state index in [4.69, 9.17) is 5.73 Å². The molecule has 2 aromatic rings. The summed E-state index contributed by atoms with van der Waals surface area (Å²) in [5.74, 6) is 1.81. The fourth-order valence-corrected chi connectivity index (χ4v) is 2.83. The van der Waals surface area contributed by atoms with Crippen molar-refractivity contribution in [1.29, 1.82) is 0 Å².